The van der Waals surface area contributed by atoms with Crippen molar-refractivity contribution in [3.8, 4) is 11.5 Å². The highest BCUT2D eigenvalue weighted by atomic mass is 32.2. The molecule has 26 heavy (non-hydrogen) atoms. The third-order valence-corrected chi connectivity index (χ3v) is 4.94. The molecule has 5 nitrogen and oxygen atoms in total. The zero-order valence-electron chi connectivity index (χ0n) is 14.3. The summed E-state index contributed by atoms with van der Waals surface area (Å²) in [6.45, 7) is 0. The molecule has 0 radical (unpaired) electrons. The van der Waals surface area contributed by atoms with Gasteiger partial charge in [0.05, 0.1) is 30.8 Å². The molecule has 4 rings (SSSR count). The molecule has 0 saturated carbocycles. The summed E-state index contributed by atoms with van der Waals surface area (Å²) in [5, 5.41) is 2.65. The molecule has 0 spiro atoms. The van der Waals surface area contributed by atoms with Crippen molar-refractivity contribution in [1.29, 1.82) is 0 Å². The summed E-state index contributed by atoms with van der Waals surface area (Å²) < 4.78 is 10.5. The molecule has 0 fully saturated rings. The summed E-state index contributed by atoms with van der Waals surface area (Å²) in [6, 6.07) is 17.3. The molecular formula is C20H16N2O3S. The van der Waals surface area contributed by atoms with E-state index in [2.05, 4.69) is 16.0 Å². The van der Waals surface area contributed by atoms with Gasteiger partial charge < -0.3 is 14.5 Å². The van der Waals surface area contributed by atoms with Crippen LogP contribution in [0.4, 0.5) is 0 Å². The topological polar surface area (TPSA) is 64.2 Å². The Morgan fingerprint density at radius 1 is 1.00 bits per heavy atom. The number of benzene rings is 3. The Hall–Kier alpha value is -2.99. The van der Waals surface area contributed by atoms with Crippen LogP contribution in [0.1, 0.15) is 10.4 Å². The third kappa shape index (κ3) is 2.99. The summed E-state index contributed by atoms with van der Waals surface area (Å²) >= 11 is 1.05. The van der Waals surface area contributed by atoms with Crippen LogP contribution < -0.4 is 9.47 Å². The molecule has 0 unspecified atom stereocenters. The van der Waals surface area contributed by atoms with E-state index in [1.165, 1.54) is 7.11 Å². The van der Waals surface area contributed by atoms with Crippen molar-refractivity contribution in [1.82, 2.24) is 9.97 Å². The van der Waals surface area contributed by atoms with Crippen LogP contribution in [0.15, 0.2) is 59.8 Å². The van der Waals surface area contributed by atoms with E-state index in [1.807, 2.05) is 30.3 Å². The van der Waals surface area contributed by atoms with Gasteiger partial charge >= 0.3 is 0 Å². The third-order valence-electron chi connectivity index (χ3n) is 4.15. The number of imidazole rings is 1. The van der Waals surface area contributed by atoms with Crippen LogP contribution in [-0.2, 0) is 0 Å². The molecule has 1 aromatic heterocycles. The van der Waals surface area contributed by atoms with Crippen molar-refractivity contribution < 1.29 is 14.3 Å². The molecule has 4 aromatic rings. The summed E-state index contributed by atoms with van der Waals surface area (Å²) in [6.07, 6.45) is 0. The largest absolute Gasteiger partial charge is 0.497 e. The molecule has 0 saturated heterocycles. The van der Waals surface area contributed by atoms with E-state index in [4.69, 9.17) is 9.47 Å². The number of carbonyl (C=O) groups is 1. The van der Waals surface area contributed by atoms with Gasteiger partial charge in [-0.25, -0.2) is 4.98 Å². The molecule has 0 aliphatic heterocycles. The Kier molecular flexibility index (Phi) is 4.26. The summed E-state index contributed by atoms with van der Waals surface area (Å²) in [5.74, 6) is 1.11. The van der Waals surface area contributed by atoms with Gasteiger partial charge in [-0.15, -0.1) is 0 Å². The molecule has 0 aliphatic rings. The number of fused-ring (bicyclic) bond motifs is 2. The highest BCUT2D eigenvalue weighted by Gasteiger charge is 2.17. The maximum atomic E-state index is 12.7. The number of hydrogen-bond donors (Lipinski definition) is 1. The van der Waals surface area contributed by atoms with E-state index in [0.717, 1.165) is 33.6 Å². The zero-order valence-corrected chi connectivity index (χ0v) is 15.1. The van der Waals surface area contributed by atoms with Crippen LogP contribution in [0.5, 0.6) is 11.5 Å². The number of H-pyrrole nitrogens is 1. The fourth-order valence-electron chi connectivity index (χ4n) is 2.83. The molecule has 0 atom stereocenters. The van der Waals surface area contributed by atoms with E-state index < -0.39 is 0 Å². The van der Waals surface area contributed by atoms with Crippen molar-refractivity contribution in [3.63, 3.8) is 0 Å². The van der Waals surface area contributed by atoms with Gasteiger partial charge in [0.2, 0.25) is 5.12 Å². The van der Waals surface area contributed by atoms with Crippen molar-refractivity contribution in [2.45, 2.75) is 5.16 Å². The SMILES string of the molecule is COc1ccc(C(=O)Sc2nc3cc4ccccc4cc3[nH]2)c(OC)c1. The van der Waals surface area contributed by atoms with Crippen LogP contribution in [0, 0.1) is 0 Å². The van der Waals surface area contributed by atoms with Crippen LogP contribution in [0.2, 0.25) is 0 Å². The Morgan fingerprint density at radius 2 is 1.77 bits per heavy atom. The van der Waals surface area contributed by atoms with Gasteiger partial charge in [-0.3, -0.25) is 4.79 Å². The molecule has 0 amide bonds. The first-order chi connectivity index (χ1) is 12.7. The first-order valence-electron chi connectivity index (χ1n) is 8.00. The molecule has 0 bridgehead atoms. The zero-order chi connectivity index (χ0) is 18.1. The van der Waals surface area contributed by atoms with Crippen LogP contribution in [0.25, 0.3) is 21.8 Å². The van der Waals surface area contributed by atoms with E-state index in [1.54, 1.807) is 25.3 Å². The monoisotopic (exact) mass is 364 g/mol. The van der Waals surface area contributed by atoms with Crippen molar-refractivity contribution >= 4 is 38.7 Å². The van der Waals surface area contributed by atoms with Gasteiger partial charge in [-0.2, -0.15) is 0 Å². The standard InChI is InChI=1S/C20H16N2O3S/c1-24-14-7-8-15(18(11-14)25-2)19(23)26-20-21-16-9-12-5-3-4-6-13(12)10-17(16)22-20/h3-11H,1-2H3,(H,21,22). The Morgan fingerprint density at radius 3 is 2.50 bits per heavy atom. The number of carbonyl (C=O) groups excluding carboxylic acids is 1. The average Bonchev–Trinajstić information content (AvgIpc) is 3.06. The quantitative estimate of drug-likeness (QED) is 0.533. The summed E-state index contributed by atoms with van der Waals surface area (Å²) in [5.41, 5.74) is 2.21. The number of thioether (sulfide) groups is 1. The van der Waals surface area contributed by atoms with Crippen LogP contribution >= 0.6 is 11.8 Å². The number of ether oxygens (including phenoxy) is 2. The first-order valence-corrected chi connectivity index (χ1v) is 8.82. The molecule has 1 heterocycles. The second-order valence-electron chi connectivity index (χ2n) is 5.71. The highest BCUT2D eigenvalue weighted by Crippen LogP contribution is 2.31. The van der Waals surface area contributed by atoms with Gasteiger partial charge in [0.15, 0.2) is 5.16 Å². The van der Waals surface area contributed by atoms with Gasteiger partial charge in [0, 0.05) is 6.07 Å². The van der Waals surface area contributed by atoms with Crippen molar-refractivity contribution in [2.24, 2.45) is 0 Å². The second kappa shape index (κ2) is 6.72. The fourth-order valence-corrected chi connectivity index (χ4v) is 3.59. The lowest BCUT2D eigenvalue weighted by atomic mass is 10.1. The normalized spacial score (nSPS) is 11.0. The van der Waals surface area contributed by atoms with E-state index in [-0.39, 0.29) is 5.12 Å². The van der Waals surface area contributed by atoms with Crippen molar-refractivity contribution in [3.05, 3.63) is 60.2 Å². The molecular weight excluding hydrogens is 348 g/mol. The molecule has 130 valence electrons. The van der Waals surface area contributed by atoms with Crippen LogP contribution in [0.3, 0.4) is 0 Å². The maximum absolute atomic E-state index is 12.7. The number of hydrogen-bond acceptors (Lipinski definition) is 5. The fraction of sp³-hybridized carbons (Fsp3) is 0.100. The minimum absolute atomic E-state index is 0.145. The second-order valence-corrected chi connectivity index (χ2v) is 6.68. The predicted octanol–water partition coefficient (Wildman–Crippen LogP) is 4.67. The lowest BCUT2D eigenvalue weighted by Gasteiger charge is -2.08. The van der Waals surface area contributed by atoms with Gasteiger partial charge in [0.25, 0.3) is 0 Å². The Balaban J connectivity index is 1.66. The molecule has 6 heteroatoms. The number of aromatic amines is 1. The number of methoxy groups -OCH3 is 2. The van der Waals surface area contributed by atoms with Crippen molar-refractivity contribution in [2.75, 3.05) is 14.2 Å². The predicted molar refractivity (Wildman–Crippen MR) is 103 cm³/mol. The van der Waals surface area contributed by atoms with E-state index >= 15 is 0 Å². The maximum Gasteiger partial charge on any atom is 0.230 e. The smallest absolute Gasteiger partial charge is 0.230 e. The number of nitrogens with one attached hydrogen (secondary N) is 1. The van der Waals surface area contributed by atoms with Gasteiger partial charge in [-0.05, 0) is 46.8 Å². The van der Waals surface area contributed by atoms with E-state index in [0.29, 0.717) is 22.2 Å². The summed E-state index contributed by atoms with van der Waals surface area (Å²) in [4.78, 5) is 20.4. The van der Waals surface area contributed by atoms with Gasteiger partial charge in [-0.1, -0.05) is 24.3 Å². The highest BCUT2D eigenvalue weighted by molar-refractivity contribution is 8.14. The minimum Gasteiger partial charge on any atom is -0.497 e. The Labute approximate surface area is 154 Å². The minimum atomic E-state index is -0.145. The van der Waals surface area contributed by atoms with Gasteiger partial charge in [0.1, 0.15) is 11.5 Å². The lowest BCUT2D eigenvalue weighted by molar-refractivity contribution is 0.108. The molecule has 1 N–H and O–H groups in total. The first kappa shape index (κ1) is 16.5. The lowest BCUT2D eigenvalue weighted by Crippen LogP contribution is -1.99. The number of rotatable bonds is 4. The molecule has 3 aromatic carbocycles. The average molecular weight is 364 g/mol. The number of nitrogens with zero attached hydrogens (tertiary/aromatic N) is 1. The Bertz CT molecular complexity index is 1070. The van der Waals surface area contributed by atoms with E-state index in [9.17, 15) is 4.79 Å². The molecule has 0 aliphatic carbocycles. The van der Waals surface area contributed by atoms with Crippen LogP contribution in [-0.4, -0.2) is 29.3 Å². The summed E-state index contributed by atoms with van der Waals surface area (Å²) in [7, 11) is 3.10. The number of aromatic nitrogens is 2.